The van der Waals surface area contributed by atoms with Gasteiger partial charge >= 0.3 is 0 Å². The van der Waals surface area contributed by atoms with Gasteiger partial charge in [0, 0.05) is 10.5 Å². The van der Waals surface area contributed by atoms with Crippen molar-refractivity contribution >= 4 is 15.9 Å². The van der Waals surface area contributed by atoms with E-state index in [0.717, 1.165) is 5.92 Å². The van der Waals surface area contributed by atoms with Crippen LogP contribution in [0, 0.1) is 5.92 Å². The van der Waals surface area contributed by atoms with Crippen molar-refractivity contribution in [2.45, 2.75) is 38.1 Å². The molecule has 1 nitrogen and oxygen atoms in total. The van der Waals surface area contributed by atoms with Gasteiger partial charge in [-0.15, -0.1) is 0 Å². The van der Waals surface area contributed by atoms with Crippen LogP contribution in [-0.2, 0) is 6.42 Å². The molecule has 2 aliphatic rings. The number of halogens is 1. The van der Waals surface area contributed by atoms with Crippen molar-refractivity contribution in [1.29, 1.82) is 0 Å². The van der Waals surface area contributed by atoms with Gasteiger partial charge < -0.3 is 5.32 Å². The topological polar surface area (TPSA) is 12.0 Å². The van der Waals surface area contributed by atoms with Crippen LogP contribution in [0.4, 0.5) is 0 Å². The fraction of sp³-hybridized carbons (Fsp3) is 0.571. The predicted molar refractivity (Wildman–Crippen MR) is 70.5 cm³/mol. The summed E-state index contributed by atoms with van der Waals surface area (Å²) in [5.41, 5.74) is 3.06. The molecule has 1 N–H and O–H groups in total. The van der Waals surface area contributed by atoms with Crippen molar-refractivity contribution in [2.75, 3.05) is 6.54 Å². The summed E-state index contributed by atoms with van der Waals surface area (Å²) in [7, 11) is 0. The first-order valence-corrected chi connectivity index (χ1v) is 7.14. The number of benzene rings is 1. The molecule has 2 aliphatic carbocycles. The lowest BCUT2D eigenvalue weighted by Crippen LogP contribution is -2.29. The zero-order valence-electron chi connectivity index (χ0n) is 9.51. The molecule has 0 aliphatic heterocycles. The third kappa shape index (κ3) is 2.05. The molecule has 1 atom stereocenters. The predicted octanol–water partition coefficient (Wildman–Crippen LogP) is 3.83. The van der Waals surface area contributed by atoms with E-state index in [2.05, 4.69) is 39.4 Å². The van der Waals surface area contributed by atoms with Gasteiger partial charge in [-0.05, 0) is 61.4 Å². The Labute approximate surface area is 106 Å². The maximum atomic E-state index is 3.74. The zero-order chi connectivity index (χ0) is 11.0. The normalized spacial score (nSPS) is 24.2. The molecule has 0 bridgehead atoms. The lowest BCUT2D eigenvalue weighted by atomic mass is 9.85. The summed E-state index contributed by atoms with van der Waals surface area (Å²) in [6.45, 7) is 1.22. The SMILES string of the molecule is Brc1ccc2c(c1)CCC2NCC1CCC1. The quantitative estimate of drug-likeness (QED) is 0.887. The smallest absolute Gasteiger partial charge is 0.0326 e. The monoisotopic (exact) mass is 279 g/mol. The molecule has 1 aromatic rings. The van der Waals surface area contributed by atoms with Gasteiger partial charge in [-0.2, -0.15) is 0 Å². The van der Waals surface area contributed by atoms with Crippen LogP contribution in [0.3, 0.4) is 0 Å². The van der Waals surface area contributed by atoms with E-state index in [1.807, 2.05) is 0 Å². The molecule has 16 heavy (non-hydrogen) atoms. The molecule has 2 heteroatoms. The van der Waals surface area contributed by atoms with Crippen molar-refractivity contribution in [3.05, 3.63) is 33.8 Å². The van der Waals surface area contributed by atoms with Crippen LogP contribution < -0.4 is 5.32 Å². The number of hydrogen-bond donors (Lipinski definition) is 1. The summed E-state index contributed by atoms with van der Waals surface area (Å²) in [5, 5.41) is 3.74. The molecule has 1 fully saturated rings. The maximum Gasteiger partial charge on any atom is 0.0326 e. The molecule has 0 aromatic heterocycles. The van der Waals surface area contributed by atoms with E-state index in [4.69, 9.17) is 0 Å². The largest absolute Gasteiger partial charge is 0.310 e. The molecule has 0 saturated heterocycles. The highest BCUT2D eigenvalue weighted by Crippen LogP contribution is 2.34. The minimum Gasteiger partial charge on any atom is -0.310 e. The molecular formula is C14H18BrN. The Hall–Kier alpha value is -0.340. The van der Waals surface area contributed by atoms with Crippen LogP contribution >= 0.6 is 15.9 Å². The fourth-order valence-electron chi connectivity index (χ4n) is 2.80. The molecule has 86 valence electrons. The molecular weight excluding hydrogens is 262 g/mol. The first-order chi connectivity index (χ1) is 7.83. The molecule has 0 heterocycles. The van der Waals surface area contributed by atoms with E-state index in [1.165, 1.54) is 54.2 Å². The number of fused-ring (bicyclic) bond motifs is 1. The Morgan fingerprint density at radius 1 is 1.25 bits per heavy atom. The standard InChI is InChI=1S/C14H18BrN/c15-12-5-6-13-11(8-12)4-7-14(13)16-9-10-2-1-3-10/h5-6,8,10,14,16H,1-4,7,9H2. The van der Waals surface area contributed by atoms with Crippen LogP contribution in [-0.4, -0.2) is 6.54 Å². The maximum absolute atomic E-state index is 3.74. The first-order valence-electron chi connectivity index (χ1n) is 6.34. The van der Waals surface area contributed by atoms with E-state index >= 15 is 0 Å². The summed E-state index contributed by atoms with van der Waals surface area (Å²) < 4.78 is 1.21. The van der Waals surface area contributed by atoms with Gasteiger partial charge in [0.05, 0.1) is 0 Å². The lowest BCUT2D eigenvalue weighted by molar-refractivity contribution is 0.289. The van der Waals surface area contributed by atoms with Crippen molar-refractivity contribution in [1.82, 2.24) is 5.32 Å². The third-order valence-corrected chi connectivity index (χ3v) is 4.55. The van der Waals surface area contributed by atoms with Crippen LogP contribution in [0.25, 0.3) is 0 Å². The van der Waals surface area contributed by atoms with Crippen LogP contribution in [0.5, 0.6) is 0 Å². The van der Waals surface area contributed by atoms with Gasteiger partial charge in [0.25, 0.3) is 0 Å². The highest BCUT2D eigenvalue weighted by molar-refractivity contribution is 9.10. The summed E-state index contributed by atoms with van der Waals surface area (Å²) in [6, 6.07) is 7.34. The van der Waals surface area contributed by atoms with Crippen molar-refractivity contribution in [3.63, 3.8) is 0 Å². The van der Waals surface area contributed by atoms with Crippen molar-refractivity contribution in [2.24, 2.45) is 5.92 Å². The molecule has 1 aromatic carbocycles. The van der Waals surface area contributed by atoms with Crippen molar-refractivity contribution < 1.29 is 0 Å². The highest BCUT2D eigenvalue weighted by atomic mass is 79.9. The Balaban J connectivity index is 1.66. The first kappa shape index (κ1) is 10.8. The van der Waals surface area contributed by atoms with Gasteiger partial charge in [0.2, 0.25) is 0 Å². The van der Waals surface area contributed by atoms with E-state index in [1.54, 1.807) is 0 Å². The Bertz CT molecular complexity index is 384. The molecule has 0 spiro atoms. The Morgan fingerprint density at radius 2 is 2.12 bits per heavy atom. The number of nitrogens with one attached hydrogen (secondary N) is 1. The van der Waals surface area contributed by atoms with Crippen LogP contribution in [0.15, 0.2) is 22.7 Å². The van der Waals surface area contributed by atoms with E-state index < -0.39 is 0 Å². The summed E-state index contributed by atoms with van der Waals surface area (Å²) >= 11 is 3.55. The minimum atomic E-state index is 0.615. The van der Waals surface area contributed by atoms with Crippen LogP contribution in [0.1, 0.15) is 42.9 Å². The van der Waals surface area contributed by atoms with E-state index in [0.29, 0.717) is 6.04 Å². The number of rotatable bonds is 3. The van der Waals surface area contributed by atoms with Gasteiger partial charge in [-0.25, -0.2) is 0 Å². The molecule has 1 saturated carbocycles. The third-order valence-electron chi connectivity index (χ3n) is 4.06. The second-order valence-electron chi connectivity index (χ2n) is 5.14. The second kappa shape index (κ2) is 4.50. The minimum absolute atomic E-state index is 0.615. The Kier molecular flexibility index (Phi) is 3.03. The van der Waals surface area contributed by atoms with E-state index in [9.17, 15) is 0 Å². The fourth-order valence-corrected chi connectivity index (χ4v) is 3.21. The van der Waals surface area contributed by atoms with Crippen LogP contribution in [0.2, 0.25) is 0 Å². The summed E-state index contributed by atoms with van der Waals surface area (Å²) in [5.74, 6) is 0.958. The Morgan fingerprint density at radius 3 is 2.88 bits per heavy atom. The van der Waals surface area contributed by atoms with E-state index in [-0.39, 0.29) is 0 Å². The second-order valence-corrected chi connectivity index (χ2v) is 6.06. The lowest BCUT2D eigenvalue weighted by Gasteiger charge is -2.27. The van der Waals surface area contributed by atoms with Crippen molar-refractivity contribution in [3.8, 4) is 0 Å². The summed E-state index contributed by atoms with van der Waals surface area (Å²) in [6.07, 6.45) is 6.83. The number of hydrogen-bond acceptors (Lipinski definition) is 1. The zero-order valence-corrected chi connectivity index (χ0v) is 11.1. The molecule has 3 rings (SSSR count). The molecule has 0 amide bonds. The van der Waals surface area contributed by atoms with Gasteiger partial charge in [-0.1, -0.05) is 28.4 Å². The highest BCUT2D eigenvalue weighted by Gasteiger charge is 2.24. The number of aryl methyl sites for hydroxylation is 1. The van der Waals surface area contributed by atoms with Gasteiger partial charge in [0.1, 0.15) is 0 Å². The van der Waals surface area contributed by atoms with Gasteiger partial charge in [-0.3, -0.25) is 0 Å². The average molecular weight is 280 g/mol. The summed E-state index contributed by atoms with van der Waals surface area (Å²) in [4.78, 5) is 0. The van der Waals surface area contributed by atoms with Gasteiger partial charge in [0.15, 0.2) is 0 Å². The molecule has 0 radical (unpaired) electrons. The molecule has 1 unspecified atom stereocenters. The average Bonchev–Trinajstić information content (AvgIpc) is 2.58.